The smallest absolute Gasteiger partial charge is 0.268 e. The number of amides is 1. The molecular weight excluding hydrogens is 515 g/mol. The van der Waals surface area contributed by atoms with Crippen LogP contribution in [0.1, 0.15) is 123 Å². The highest BCUT2D eigenvalue weighted by Crippen LogP contribution is 2.38. The molecule has 1 amide bonds. The maximum Gasteiger partial charge on any atom is 0.268 e. The molecule has 0 heterocycles. The Balaban J connectivity index is 4.21. The Hall–Kier alpha value is -0.760. The first kappa shape index (κ1) is 38.2. The van der Waals surface area contributed by atoms with E-state index in [0.29, 0.717) is 23.9 Å². The maximum absolute atomic E-state index is 12.1. The number of hydrogen-bond acceptors (Lipinski definition) is 6. The van der Waals surface area contributed by atoms with Crippen LogP contribution in [0.15, 0.2) is 12.2 Å². The van der Waals surface area contributed by atoms with Gasteiger partial charge in [0.25, 0.3) is 7.82 Å². The normalized spacial score (nSPS) is 15.4. The second-order valence-corrected chi connectivity index (χ2v) is 13.2. The van der Waals surface area contributed by atoms with Gasteiger partial charge in [-0.3, -0.25) is 9.36 Å². The zero-order valence-electron chi connectivity index (χ0n) is 25.8. The van der Waals surface area contributed by atoms with Crippen molar-refractivity contribution in [3.05, 3.63) is 12.2 Å². The Morgan fingerprint density at radius 2 is 1.38 bits per heavy atom. The molecule has 0 aromatic carbocycles. The van der Waals surface area contributed by atoms with E-state index >= 15 is 0 Å². The summed E-state index contributed by atoms with van der Waals surface area (Å²) in [5.41, 5.74) is 0. The van der Waals surface area contributed by atoms with E-state index in [9.17, 15) is 19.4 Å². The first-order valence-electron chi connectivity index (χ1n) is 15.6. The Morgan fingerprint density at radius 3 is 1.87 bits per heavy atom. The lowest BCUT2D eigenvalue weighted by molar-refractivity contribution is -0.870. The number of aliphatic hydroxyl groups excluding tert-OH is 1. The van der Waals surface area contributed by atoms with Crippen LogP contribution in [0.5, 0.6) is 0 Å². The molecule has 0 aliphatic heterocycles. The number of likely N-dealkylation sites (N-methyl/N-ethyl adjacent to an activating group) is 1. The molecule has 3 atom stereocenters. The van der Waals surface area contributed by atoms with Gasteiger partial charge in [-0.2, -0.15) is 0 Å². The summed E-state index contributed by atoms with van der Waals surface area (Å²) in [6.07, 6.45) is 22.6. The van der Waals surface area contributed by atoms with Gasteiger partial charge >= 0.3 is 0 Å². The molecule has 0 aromatic rings. The summed E-state index contributed by atoms with van der Waals surface area (Å²) in [7, 11) is 1.25. The number of rotatable bonds is 27. The van der Waals surface area contributed by atoms with E-state index in [0.717, 1.165) is 19.3 Å². The van der Waals surface area contributed by atoms with Crippen LogP contribution < -0.4 is 10.2 Å². The van der Waals surface area contributed by atoms with Crippen molar-refractivity contribution in [1.82, 2.24) is 5.32 Å². The number of nitrogens with zero attached hydrogens (tertiary/aromatic N) is 1. The predicted molar refractivity (Wildman–Crippen MR) is 159 cm³/mol. The van der Waals surface area contributed by atoms with Crippen molar-refractivity contribution in [2.24, 2.45) is 0 Å². The third-order valence-corrected chi connectivity index (χ3v) is 7.68. The maximum atomic E-state index is 12.1. The topological polar surface area (TPSA) is 108 Å². The van der Waals surface area contributed by atoms with Gasteiger partial charge in [0, 0.05) is 6.42 Å². The minimum Gasteiger partial charge on any atom is -0.756 e. The van der Waals surface area contributed by atoms with Crippen LogP contribution in [-0.4, -0.2) is 68.5 Å². The van der Waals surface area contributed by atoms with Gasteiger partial charge in [-0.25, -0.2) is 0 Å². The van der Waals surface area contributed by atoms with E-state index in [-0.39, 0.29) is 19.1 Å². The van der Waals surface area contributed by atoms with Crippen LogP contribution in [0.4, 0.5) is 0 Å². The number of carbonyl (C=O) groups is 1. The highest BCUT2D eigenvalue weighted by Gasteiger charge is 2.22. The Bertz CT molecular complexity index is 668. The summed E-state index contributed by atoms with van der Waals surface area (Å²) < 4.78 is 22.6. The second-order valence-electron chi connectivity index (χ2n) is 11.8. The summed E-state index contributed by atoms with van der Waals surface area (Å²) in [5.74, 6) is -0.253. The van der Waals surface area contributed by atoms with Crippen molar-refractivity contribution in [3.63, 3.8) is 0 Å². The molecular formula is C30H61N2O6P. The van der Waals surface area contributed by atoms with Gasteiger partial charge in [-0.15, -0.1) is 0 Å². The van der Waals surface area contributed by atoms with Gasteiger partial charge in [0.2, 0.25) is 5.91 Å². The fourth-order valence-corrected chi connectivity index (χ4v) is 4.92. The van der Waals surface area contributed by atoms with Gasteiger partial charge < -0.3 is 28.8 Å². The lowest BCUT2D eigenvalue weighted by Crippen LogP contribution is -2.45. The lowest BCUT2D eigenvalue weighted by Gasteiger charge is -2.29. The zero-order valence-corrected chi connectivity index (χ0v) is 26.7. The molecule has 0 aliphatic carbocycles. The minimum atomic E-state index is -4.54. The molecule has 0 fully saturated rings. The monoisotopic (exact) mass is 576 g/mol. The number of allylic oxidation sites excluding steroid dienone is 1. The quantitative estimate of drug-likeness (QED) is 0.0517. The summed E-state index contributed by atoms with van der Waals surface area (Å²) >= 11 is 0. The van der Waals surface area contributed by atoms with Crippen molar-refractivity contribution in [1.29, 1.82) is 0 Å². The number of aliphatic hydroxyl groups is 1. The summed E-state index contributed by atoms with van der Waals surface area (Å²) in [4.78, 5) is 24.2. The summed E-state index contributed by atoms with van der Waals surface area (Å²) in [5, 5.41) is 13.3. The van der Waals surface area contributed by atoms with Crippen LogP contribution in [0.25, 0.3) is 0 Å². The van der Waals surface area contributed by atoms with E-state index < -0.39 is 20.0 Å². The third kappa shape index (κ3) is 25.9. The van der Waals surface area contributed by atoms with Crippen LogP contribution in [-0.2, 0) is 18.4 Å². The van der Waals surface area contributed by atoms with Crippen molar-refractivity contribution in [3.8, 4) is 0 Å². The standard InChI is InChI=1S/C30H61N2O6P/c1-6-8-9-10-11-12-13-14-15-16-17-18-19-20-21-22-24-29(33)28(31-30(34)23-7-2)27-38-39(35,36)37-26-25-32(3,4)5/h22,24,28-29,33H,6-21,23,25-27H2,1-5H3,(H-,31,34,35,36)/b24-22+. The van der Waals surface area contributed by atoms with E-state index in [1.165, 1.54) is 77.0 Å². The van der Waals surface area contributed by atoms with Gasteiger partial charge in [0.1, 0.15) is 13.2 Å². The number of quaternary nitrogens is 1. The van der Waals surface area contributed by atoms with Gasteiger partial charge in [0.05, 0.1) is 39.9 Å². The van der Waals surface area contributed by atoms with Crippen LogP contribution in [0.3, 0.4) is 0 Å². The molecule has 39 heavy (non-hydrogen) atoms. The Labute approximate surface area is 240 Å². The number of carbonyl (C=O) groups excluding carboxylic acids is 1. The summed E-state index contributed by atoms with van der Waals surface area (Å²) in [6, 6.07) is -0.874. The van der Waals surface area contributed by atoms with E-state index in [1.807, 2.05) is 34.1 Å². The molecule has 0 rings (SSSR count). The second kappa shape index (κ2) is 23.9. The number of hydrogen-bond donors (Lipinski definition) is 2. The van der Waals surface area contributed by atoms with Crippen LogP contribution in [0.2, 0.25) is 0 Å². The van der Waals surface area contributed by atoms with Crippen molar-refractivity contribution >= 4 is 13.7 Å². The fraction of sp³-hybridized carbons (Fsp3) is 0.900. The molecule has 8 nitrogen and oxygen atoms in total. The number of unbranched alkanes of at least 4 members (excludes halogenated alkanes) is 14. The molecule has 3 unspecified atom stereocenters. The van der Waals surface area contributed by atoms with Gasteiger partial charge in [-0.05, 0) is 19.3 Å². The molecule has 232 valence electrons. The highest BCUT2D eigenvalue weighted by molar-refractivity contribution is 7.45. The molecule has 2 N–H and O–H groups in total. The molecule has 0 saturated heterocycles. The average molecular weight is 577 g/mol. The van der Waals surface area contributed by atoms with Crippen LogP contribution in [0, 0.1) is 0 Å². The fourth-order valence-electron chi connectivity index (χ4n) is 4.19. The number of phosphoric ester groups is 1. The molecule has 0 spiro atoms. The van der Waals surface area contributed by atoms with Crippen LogP contribution >= 0.6 is 7.82 Å². The van der Waals surface area contributed by atoms with E-state index in [1.54, 1.807) is 6.08 Å². The lowest BCUT2D eigenvalue weighted by atomic mass is 10.0. The molecule has 0 saturated carbocycles. The van der Waals surface area contributed by atoms with E-state index in [4.69, 9.17) is 9.05 Å². The van der Waals surface area contributed by atoms with Gasteiger partial charge in [-0.1, -0.05) is 109 Å². The van der Waals surface area contributed by atoms with Crippen molar-refractivity contribution in [2.75, 3.05) is 40.9 Å². The minimum absolute atomic E-state index is 0.00120. The van der Waals surface area contributed by atoms with Crippen molar-refractivity contribution in [2.45, 2.75) is 135 Å². The Kier molecular flexibility index (Phi) is 23.4. The molecule has 0 bridgehead atoms. The highest BCUT2D eigenvalue weighted by atomic mass is 31.2. The van der Waals surface area contributed by atoms with E-state index in [2.05, 4.69) is 12.2 Å². The largest absolute Gasteiger partial charge is 0.756 e. The Morgan fingerprint density at radius 1 is 0.872 bits per heavy atom. The first-order chi connectivity index (χ1) is 18.5. The molecule has 0 aliphatic rings. The molecule has 9 heteroatoms. The molecule has 0 radical (unpaired) electrons. The SMILES string of the molecule is CCCCCCCCCCCCCCCC/C=C/C(O)C(COP(=O)([O-])OCC[N+](C)(C)C)NC(=O)CCC. The predicted octanol–water partition coefficient (Wildman–Crippen LogP) is 6.27. The zero-order chi connectivity index (χ0) is 29.4. The molecule has 0 aromatic heterocycles. The first-order valence-corrected chi connectivity index (χ1v) is 17.0. The van der Waals surface area contributed by atoms with Gasteiger partial charge in [0.15, 0.2) is 0 Å². The average Bonchev–Trinajstić information content (AvgIpc) is 2.85. The summed E-state index contributed by atoms with van der Waals surface area (Å²) in [6.45, 7) is 4.25. The third-order valence-electron chi connectivity index (χ3n) is 6.72. The number of nitrogens with one attached hydrogen (secondary N) is 1. The number of phosphoric acid groups is 1. The van der Waals surface area contributed by atoms with Crippen molar-refractivity contribution < 1.29 is 32.9 Å².